The maximum Gasteiger partial charge on any atom is 0.0970 e. The lowest BCUT2D eigenvalue weighted by Gasteiger charge is -2.29. The average Bonchev–Trinajstić information content (AvgIpc) is 3.54. The molecule has 1 aliphatic carbocycles. The van der Waals surface area contributed by atoms with Gasteiger partial charge in [0.2, 0.25) is 0 Å². The number of nitrogens with zero attached hydrogens (tertiary/aromatic N) is 2. The van der Waals surface area contributed by atoms with Gasteiger partial charge in [0, 0.05) is 41.8 Å². The summed E-state index contributed by atoms with van der Waals surface area (Å²) in [5, 5.41) is 9.41. The molecular formula is C38H55N5S2. The van der Waals surface area contributed by atoms with Crippen LogP contribution in [0.25, 0.3) is 17.8 Å². The van der Waals surface area contributed by atoms with Gasteiger partial charge in [0.05, 0.1) is 14.9 Å². The summed E-state index contributed by atoms with van der Waals surface area (Å²) in [4.78, 5) is 6.08. The Labute approximate surface area is 278 Å². The van der Waals surface area contributed by atoms with Gasteiger partial charge in [-0.1, -0.05) is 93.1 Å². The molecule has 4 N–H and O–H groups in total. The lowest BCUT2D eigenvalue weighted by molar-refractivity contribution is 0.380. The molecule has 0 radical (unpaired) electrons. The van der Waals surface area contributed by atoms with E-state index in [9.17, 15) is 0 Å². The third kappa shape index (κ3) is 11.0. The van der Waals surface area contributed by atoms with Crippen molar-refractivity contribution >= 4 is 51.4 Å². The van der Waals surface area contributed by atoms with Gasteiger partial charge in [-0.3, -0.25) is 4.31 Å². The van der Waals surface area contributed by atoms with Crippen LogP contribution >= 0.6 is 22.0 Å². The first kappa shape index (κ1) is 35.3. The van der Waals surface area contributed by atoms with E-state index in [1.165, 1.54) is 84.2 Å². The maximum absolute atomic E-state index is 5.65. The lowest BCUT2D eigenvalue weighted by atomic mass is 9.99. The molecule has 2 fully saturated rings. The molecule has 2 saturated heterocycles. The molecule has 5 nitrogen and oxygen atoms in total. The number of fused-ring (bicyclic) bond motifs is 1. The van der Waals surface area contributed by atoms with Crippen molar-refractivity contribution in [2.24, 2.45) is 11.7 Å². The van der Waals surface area contributed by atoms with Crippen LogP contribution < -0.4 is 26.2 Å². The molecule has 6 rings (SSSR count). The van der Waals surface area contributed by atoms with E-state index < -0.39 is 0 Å². The van der Waals surface area contributed by atoms with Gasteiger partial charge in [-0.25, -0.2) is 4.98 Å². The number of piperidine rings is 2. The summed E-state index contributed by atoms with van der Waals surface area (Å²) in [6.07, 6.45) is 14.8. The van der Waals surface area contributed by atoms with Crippen LogP contribution in [0.5, 0.6) is 0 Å². The van der Waals surface area contributed by atoms with E-state index >= 15 is 0 Å². The summed E-state index contributed by atoms with van der Waals surface area (Å²) in [7, 11) is -0.0593. The van der Waals surface area contributed by atoms with E-state index in [4.69, 9.17) is 10.7 Å². The van der Waals surface area contributed by atoms with Gasteiger partial charge in [-0.2, -0.15) is 0 Å². The van der Waals surface area contributed by atoms with Crippen molar-refractivity contribution in [3.05, 3.63) is 81.1 Å². The third-order valence-electron chi connectivity index (χ3n) is 8.62. The predicted octanol–water partition coefficient (Wildman–Crippen LogP) is 7.71. The van der Waals surface area contributed by atoms with Crippen molar-refractivity contribution in [1.29, 1.82) is 0 Å². The van der Waals surface area contributed by atoms with E-state index in [0.717, 1.165) is 41.5 Å². The second-order valence-corrected chi connectivity index (χ2v) is 15.3. The molecule has 0 amide bonds. The smallest absolute Gasteiger partial charge is 0.0970 e. The topological polar surface area (TPSA) is 66.2 Å². The van der Waals surface area contributed by atoms with Crippen LogP contribution in [0.2, 0.25) is 0 Å². The summed E-state index contributed by atoms with van der Waals surface area (Å²) >= 11 is 1.92. The number of benzene rings is 2. The van der Waals surface area contributed by atoms with Crippen LogP contribution in [0.15, 0.2) is 60.0 Å². The van der Waals surface area contributed by atoms with Crippen molar-refractivity contribution in [3.63, 3.8) is 0 Å². The van der Waals surface area contributed by atoms with E-state index in [1.807, 2.05) is 23.5 Å². The lowest BCUT2D eigenvalue weighted by Crippen LogP contribution is -2.27. The first-order valence-electron chi connectivity index (χ1n) is 16.9. The van der Waals surface area contributed by atoms with Crippen molar-refractivity contribution in [2.75, 3.05) is 31.5 Å². The minimum absolute atomic E-state index is 0.0593. The highest BCUT2D eigenvalue weighted by molar-refractivity contribution is 8.12. The minimum Gasteiger partial charge on any atom is -0.356 e. The van der Waals surface area contributed by atoms with Gasteiger partial charge in [-0.05, 0) is 92.9 Å². The number of thiazole rings is 1. The zero-order valence-electron chi connectivity index (χ0n) is 27.8. The second-order valence-electron chi connectivity index (χ2n) is 12.5. The number of anilines is 1. The number of rotatable bonds is 8. The molecule has 45 heavy (non-hydrogen) atoms. The molecule has 3 aromatic rings. The summed E-state index contributed by atoms with van der Waals surface area (Å²) in [5.41, 5.74) is 9.79. The Morgan fingerprint density at radius 2 is 1.67 bits per heavy atom. The fourth-order valence-electron chi connectivity index (χ4n) is 5.35. The molecule has 2 aliphatic heterocycles. The van der Waals surface area contributed by atoms with Gasteiger partial charge in [0.1, 0.15) is 0 Å². The molecule has 1 aromatic heterocycles. The van der Waals surface area contributed by atoms with Crippen molar-refractivity contribution in [3.8, 4) is 0 Å². The summed E-state index contributed by atoms with van der Waals surface area (Å²) in [6.45, 7) is 16.0. The Bertz CT molecular complexity index is 1430. The molecule has 3 aliphatic rings. The highest BCUT2D eigenvalue weighted by atomic mass is 32.2. The molecular weight excluding hydrogens is 591 g/mol. The number of hydrogen-bond acceptors (Lipinski definition) is 6. The van der Waals surface area contributed by atoms with Crippen molar-refractivity contribution < 1.29 is 0 Å². The first-order valence-corrected chi connectivity index (χ1v) is 19.1. The van der Waals surface area contributed by atoms with Crippen LogP contribution in [-0.2, 0) is 6.54 Å². The summed E-state index contributed by atoms with van der Waals surface area (Å²) in [5.74, 6) is 5.99. The Morgan fingerprint density at radius 1 is 1.02 bits per heavy atom. The Balaban J connectivity index is 0.000000194. The standard InChI is InChI=1S/C21H27N3S.C12H16N2S.C5H12/c1-17(19-8-6-18(16-22)7-9-19)23-20-10-12-21(13-11-20)25(2)24-14-4-3-5-15-24;1-2-4-11-10(3-1)14-12(15-11)9-5-7-13-8-6-9;1-4-5(2)3/h6-13,23H,1-5,14-16,22H2;3-4,9,13H,1-2,5-8H2;5H,4H2,1-3H3. The van der Waals surface area contributed by atoms with Crippen molar-refractivity contribution in [2.45, 2.75) is 89.5 Å². The highest BCUT2D eigenvalue weighted by Crippen LogP contribution is 2.32. The molecule has 244 valence electrons. The molecule has 0 saturated carbocycles. The van der Waals surface area contributed by atoms with Crippen molar-refractivity contribution in [1.82, 2.24) is 14.6 Å². The molecule has 1 atom stereocenters. The molecule has 3 heterocycles. The van der Waals surface area contributed by atoms with Crippen LogP contribution in [0.1, 0.15) is 94.2 Å². The zero-order valence-corrected chi connectivity index (χ0v) is 29.5. The molecule has 2 aromatic carbocycles. The highest BCUT2D eigenvalue weighted by Gasteiger charge is 2.18. The SMILES string of the molecule is C1=c2nc(C3CCNCC3)sc2=CCC1.C=C(Nc1ccc(S(=C)N2CCCCC2)cc1)c1ccc(CN)cc1.CCC(C)C. The molecule has 0 bridgehead atoms. The predicted molar refractivity (Wildman–Crippen MR) is 201 cm³/mol. The summed E-state index contributed by atoms with van der Waals surface area (Å²) < 4.78 is 3.92. The molecule has 0 spiro atoms. The fraction of sp³-hybridized carbons (Fsp3) is 0.474. The summed E-state index contributed by atoms with van der Waals surface area (Å²) in [6, 6.07) is 16.8. The quantitative estimate of drug-likeness (QED) is 0.219. The van der Waals surface area contributed by atoms with Crippen LogP contribution in [-0.4, -0.2) is 41.3 Å². The van der Waals surface area contributed by atoms with Gasteiger partial charge >= 0.3 is 0 Å². The van der Waals surface area contributed by atoms with Crippen LogP contribution in [0, 0.1) is 5.92 Å². The number of aromatic nitrogens is 1. The molecule has 7 heteroatoms. The maximum atomic E-state index is 5.65. The Morgan fingerprint density at radius 3 is 2.27 bits per heavy atom. The number of hydrogen-bond donors (Lipinski definition) is 3. The Kier molecular flexibility index (Phi) is 14.6. The van der Waals surface area contributed by atoms with Gasteiger partial charge < -0.3 is 16.4 Å². The minimum atomic E-state index is -0.0593. The average molecular weight is 646 g/mol. The number of nitrogens with one attached hydrogen (secondary N) is 2. The Hall–Kier alpha value is -2.55. The third-order valence-corrected chi connectivity index (χ3v) is 11.7. The molecule has 1 unspecified atom stereocenters. The van der Waals surface area contributed by atoms with Gasteiger partial charge in [-0.15, -0.1) is 11.3 Å². The largest absolute Gasteiger partial charge is 0.356 e. The monoisotopic (exact) mass is 645 g/mol. The van der Waals surface area contributed by atoms with E-state index in [1.54, 1.807) is 0 Å². The van der Waals surface area contributed by atoms with Gasteiger partial charge in [0.25, 0.3) is 0 Å². The second kappa shape index (κ2) is 18.6. The zero-order chi connectivity index (χ0) is 32.0. The van der Waals surface area contributed by atoms with E-state index in [2.05, 4.69) is 96.7 Å². The normalized spacial score (nSPS) is 17.4. The fourth-order valence-corrected chi connectivity index (χ4v) is 8.00. The van der Waals surface area contributed by atoms with Crippen LogP contribution in [0.3, 0.4) is 0 Å². The van der Waals surface area contributed by atoms with E-state index in [-0.39, 0.29) is 10.7 Å². The van der Waals surface area contributed by atoms with Gasteiger partial charge in [0.15, 0.2) is 0 Å². The van der Waals surface area contributed by atoms with Crippen LogP contribution in [0.4, 0.5) is 5.69 Å². The number of nitrogens with two attached hydrogens (primary N) is 1. The first-order chi connectivity index (χ1) is 21.9. The van der Waals surface area contributed by atoms with E-state index in [0.29, 0.717) is 12.5 Å².